The molecular formula is C19H31IN4O2. The van der Waals surface area contributed by atoms with Crippen LogP contribution in [0.2, 0.25) is 0 Å². The van der Waals surface area contributed by atoms with Crippen molar-refractivity contribution in [1.29, 1.82) is 0 Å². The van der Waals surface area contributed by atoms with Crippen LogP contribution in [0.5, 0.6) is 0 Å². The summed E-state index contributed by atoms with van der Waals surface area (Å²) in [4.78, 5) is 17.4. The van der Waals surface area contributed by atoms with Crippen molar-refractivity contribution in [3.8, 4) is 0 Å². The van der Waals surface area contributed by atoms with Crippen molar-refractivity contribution < 1.29 is 9.53 Å². The second-order valence-electron chi connectivity index (χ2n) is 6.54. The number of anilines is 1. The first-order valence-electron chi connectivity index (χ1n) is 8.94. The minimum Gasteiger partial charge on any atom is -0.379 e. The zero-order valence-electron chi connectivity index (χ0n) is 16.0. The Morgan fingerprint density at radius 1 is 1.31 bits per heavy atom. The summed E-state index contributed by atoms with van der Waals surface area (Å²) in [6.45, 7) is 4.78. The third kappa shape index (κ3) is 8.84. The highest BCUT2D eigenvalue weighted by Crippen LogP contribution is 2.28. The molecule has 1 aliphatic carbocycles. The van der Waals surface area contributed by atoms with Crippen molar-refractivity contribution in [2.24, 2.45) is 10.9 Å². The van der Waals surface area contributed by atoms with Gasteiger partial charge in [0.25, 0.3) is 0 Å². The maximum Gasteiger partial charge on any atom is 0.221 e. The zero-order valence-corrected chi connectivity index (χ0v) is 18.3. The van der Waals surface area contributed by atoms with E-state index in [1.165, 1.54) is 25.3 Å². The van der Waals surface area contributed by atoms with Gasteiger partial charge in [-0.1, -0.05) is 12.1 Å². The molecule has 1 fully saturated rings. The van der Waals surface area contributed by atoms with Crippen molar-refractivity contribution >= 4 is 41.5 Å². The largest absolute Gasteiger partial charge is 0.379 e. The predicted molar refractivity (Wildman–Crippen MR) is 117 cm³/mol. The summed E-state index contributed by atoms with van der Waals surface area (Å²) >= 11 is 0. The number of hydrogen-bond donors (Lipinski definition) is 2. The lowest BCUT2D eigenvalue weighted by Gasteiger charge is -2.22. The van der Waals surface area contributed by atoms with E-state index in [4.69, 9.17) is 4.74 Å². The van der Waals surface area contributed by atoms with E-state index in [-0.39, 0.29) is 29.9 Å². The molecule has 0 aliphatic heterocycles. The Morgan fingerprint density at radius 3 is 2.58 bits per heavy atom. The van der Waals surface area contributed by atoms with Gasteiger partial charge >= 0.3 is 0 Å². The predicted octanol–water partition coefficient (Wildman–Crippen LogP) is 2.74. The Bertz CT molecular complexity index is 573. The second-order valence-corrected chi connectivity index (χ2v) is 6.54. The number of amides is 1. The van der Waals surface area contributed by atoms with Crippen LogP contribution in [-0.2, 0) is 16.0 Å². The highest BCUT2D eigenvalue weighted by molar-refractivity contribution is 14.0. The van der Waals surface area contributed by atoms with Crippen molar-refractivity contribution in [3.63, 3.8) is 0 Å². The SMILES string of the molecule is CN=C(NCCc1ccc(NC(C)=O)cc1)N(C)CCOCC1CC1.I. The minimum absolute atomic E-state index is 0. The summed E-state index contributed by atoms with van der Waals surface area (Å²) in [7, 11) is 3.82. The second kappa shape index (κ2) is 12.1. The fraction of sp³-hybridized carbons (Fsp3) is 0.579. The molecule has 0 atom stereocenters. The summed E-state index contributed by atoms with van der Waals surface area (Å²) in [5.41, 5.74) is 2.04. The number of nitrogens with zero attached hydrogens (tertiary/aromatic N) is 2. The standard InChI is InChI=1S/C19H30N4O2.HI/c1-15(24)22-18-8-6-16(7-9-18)10-11-21-19(20-2)23(3)12-13-25-14-17-4-5-17;/h6-9,17H,4-5,10-14H2,1-3H3,(H,20,21)(H,22,24);1H. The molecule has 1 amide bonds. The van der Waals surface area contributed by atoms with Gasteiger partial charge in [-0.25, -0.2) is 0 Å². The Kier molecular flexibility index (Phi) is 10.6. The van der Waals surface area contributed by atoms with E-state index in [1.807, 2.05) is 31.3 Å². The van der Waals surface area contributed by atoms with E-state index >= 15 is 0 Å². The van der Waals surface area contributed by atoms with E-state index in [9.17, 15) is 4.79 Å². The Morgan fingerprint density at radius 2 is 2.00 bits per heavy atom. The number of benzene rings is 1. The van der Waals surface area contributed by atoms with Gasteiger partial charge in [0, 0.05) is 46.4 Å². The number of hydrogen-bond acceptors (Lipinski definition) is 3. The van der Waals surface area contributed by atoms with Gasteiger partial charge in [0.15, 0.2) is 5.96 Å². The fourth-order valence-corrected chi connectivity index (χ4v) is 2.50. The molecule has 7 heteroatoms. The highest BCUT2D eigenvalue weighted by atomic mass is 127. The van der Waals surface area contributed by atoms with Crippen molar-refractivity contribution in [1.82, 2.24) is 10.2 Å². The van der Waals surface area contributed by atoms with Crippen LogP contribution in [0.4, 0.5) is 5.69 Å². The Labute approximate surface area is 173 Å². The van der Waals surface area contributed by atoms with Gasteiger partial charge in [-0.2, -0.15) is 0 Å². The number of likely N-dealkylation sites (N-methyl/N-ethyl adjacent to an activating group) is 1. The van der Waals surface area contributed by atoms with Gasteiger partial charge < -0.3 is 20.3 Å². The molecule has 0 heterocycles. The number of carbonyl (C=O) groups excluding carboxylic acids is 1. The van der Waals surface area contributed by atoms with Crippen LogP contribution in [0, 0.1) is 5.92 Å². The van der Waals surface area contributed by atoms with Gasteiger partial charge in [0.2, 0.25) is 5.91 Å². The minimum atomic E-state index is -0.0534. The van der Waals surface area contributed by atoms with Crippen LogP contribution in [0.1, 0.15) is 25.3 Å². The first-order chi connectivity index (χ1) is 12.1. The highest BCUT2D eigenvalue weighted by Gasteiger charge is 2.21. The molecule has 0 unspecified atom stereocenters. The third-order valence-corrected chi connectivity index (χ3v) is 4.17. The van der Waals surface area contributed by atoms with E-state index in [0.29, 0.717) is 0 Å². The Hall–Kier alpha value is -1.35. The van der Waals surface area contributed by atoms with E-state index < -0.39 is 0 Å². The molecule has 26 heavy (non-hydrogen) atoms. The lowest BCUT2D eigenvalue weighted by atomic mass is 10.1. The lowest BCUT2D eigenvalue weighted by Crippen LogP contribution is -2.41. The number of carbonyl (C=O) groups is 1. The Balaban J connectivity index is 0.00000338. The maximum atomic E-state index is 11.0. The number of guanidine groups is 1. The van der Waals surface area contributed by atoms with E-state index in [0.717, 1.165) is 50.3 Å². The molecule has 1 aliphatic rings. The number of halogens is 1. The summed E-state index contributed by atoms with van der Waals surface area (Å²) in [6.07, 6.45) is 3.54. The first kappa shape index (κ1) is 22.7. The van der Waals surface area contributed by atoms with Gasteiger partial charge in [-0.15, -0.1) is 24.0 Å². The topological polar surface area (TPSA) is 66.0 Å². The molecule has 146 valence electrons. The van der Waals surface area contributed by atoms with Crippen LogP contribution in [0.25, 0.3) is 0 Å². The van der Waals surface area contributed by atoms with Crippen LogP contribution < -0.4 is 10.6 Å². The number of aliphatic imine (C=N–C) groups is 1. The monoisotopic (exact) mass is 474 g/mol. The molecule has 0 saturated heterocycles. The van der Waals surface area contributed by atoms with Crippen molar-refractivity contribution in [2.75, 3.05) is 45.7 Å². The molecule has 0 aromatic heterocycles. The molecular weight excluding hydrogens is 443 g/mol. The molecule has 0 spiro atoms. The normalized spacial score (nSPS) is 13.7. The molecule has 0 radical (unpaired) electrons. The molecule has 2 rings (SSSR count). The van der Waals surface area contributed by atoms with Crippen LogP contribution in [0.15, 0.2) is 29.3 Å². The average molecular weight is 474 g/mol. The number of ether oxygens (including phenoxy) is 1. The van der Waals surface area contributed by atoms with E-state index in [2.05, 4.69) is 20.5 Å². The molecule has 0 bridgehead atoms. The molecule has 1 aromatic carbocycles. The summed E-state index contributed by atoms with van der Waals surface area (Å²) in [6, 6.07) is 7.92. The van der Waals surface area contributed by atoms with E-state index in [1.54, 1.807) is 7.05 Å². The summed E-state index contributed by atoms with van der Waals surface area (Å²) in [5.74, 6) is 1.63. The summed E-state index contributed by atoms with van der Waals surface area (Å²) < 4.78 is 5.68. The molecule has 1 aromatic rings. The van der Waals surface area contributed by atoms with Crippen LogP contribution >= 0.6 is 24.0 Å². The quantitative estimate of drug-likeness (QED) is 0.250. The zero-order chi connectivity index (χ0) is 18.1. The van der Waals surface area contributed by atoms with Gasteiger partial charge in [0.05, 0.1) is 6.61 Å². The lowest BCUT2D eigenvalue weighted by molar-refractivity contribution is -0.114. The molecule has 2 N–H and O–H groups in total. The maximum absolute atomic E-state index is 11.0. The smallest absolute Gasteiger partial charge is 0.221 e. The van der Waals surface area contributed by atoms with Crippen LogP contribution in [-0.4, -0.2) is 57.2 Å². The van der Waals surface area contributed by atoms with Gasteiger partial charge in [-0.3, -0.25) is 9.79 Å². The van der Waals surface area contributed by atoms with Gasteiger partial charge in [-0.05, 0) is 42.9 Å². The average Bonchev–Trinajstić information content (AvgIpc) is 3.41. The van der Waals surface area contributed by atoms with Crippen molar-refractivity contribution in [3.05, 3.63) is 29.8 Å². The van der Waals surface area contributed by atoms with Crippen molar-refractivity contribution in [2.45, 2.75) is 26.2 Å². The first-order valence-corrected chi connectivity index (χ1v) is 8.94. The molecule has 1 saturated carbocycles. The third-order valence-electron chi connectivity index (χ3n) is 4.17. The molecule has 6 nitrogen and oxygen atoms in total. The fourth-order valence-electron chi connectivity index (χ4n) is 2.50. The van der Waals surface area contributed by atoms with Crippen LogP contribution in [0.3, 0.4) is 0 Å². The van der Waals surface area contributed by atoms with Gasteiger partial charge in [0.1, 0.15) is 0 Å². The number of rotatable bonds is 9. The number of nitrogens with one attached hydrogen (secondary N) is 2. The summed E-state index contributed by atoms with van der Waals surface area (Å²) in [5, 5.41) is 6.15.